The summed E-state index contributed by atoms with van der Waals surface area (Å²) in [7, 11) is 0. The van der Waals surface area contributed by atoms with E-state index in [4.69, 9.17) is 11.6 Å². The summed E-state index contributed by atoms with van der Waals surface area (Å²) in [6.07, 6.45) is 2.03. The van der Waals surface area contributed by atoms with Crippen molar-refractivity contribution in [2.24, 2.45) is 0 Å². The lowest BCUT2D eigenvalue weighted by atomic mass is 9.87. The zero-order valence-corrected chi connectivity index (χ0v) is 12.7. The predicted molar refractivity (Wildman–Crippen MR) is 83.2 cm³/mol. The second kappa shape index (κ2) is 5.54. The van der Waals surface area contributed by atoms with Gasteiger partial charge in [-0.25, -0.2) is 4.98 Å². The highest BCUT2D eigenvalue weighted by Gasteiger charge is 2.30. The molecule has 0 unspecified atom stereocenters. The van der Waals surface area contributed by atoms with Crippen molar-refractivity contribution in [2.75, 3.05) is 11.6 Å². The number of fused-ring (bicyclic) bond motifs is 1. The van der Waals surface area contributed by atoms with E-state index in [9.17, 15) is 9.59 Å². The lowest BCUT2D eigenvalue weighted by Crippen LogP contribution is -2.31. The van der Waals surface area contributed by atoms with Gasteiger partial charge in [0.25, 0.3) is 5.56 Å². The van der Waals surface area contributed by atoms with Gasteiger partial charge in [-0.1, -0.05) is 35.5 Å². The van der Waals surface area contributed by atoms with Gasteiger partial charge in [-0.2, -0.15) is 0 Å². The minimum atomic E-state index is -0.307. The average Bonchev–Trinajstić information content (AvgIpc) is 2.46. The third-order valence-electron chi connectivity index (χ3n) is 3.40. The summed E-state index contributed by atoms with van der Waals surface area (Å²) in [4.78, 5) is 31.2. The predicted octanol–water partition coefficient (Wildman–Crippen LogP) is 2.62. The number of carbonyl (C=O) groups excluding carboxylic acids is 1. The van der Waals surface area contributed by atoms with E-state index in [1.54, 1.807) is 12.1 Å². The van der Waals surface area contributed by atoms with Gasteiger partial charge in [0.15, 0.2) is 5.16 Å². The van der Waals surface area contributed by atoms with Crippen LogP contribution in [0.5, 0.6) is 0 Å². The third-order valence-corrected chi connectivity index (χ3v) is 4.23. The van der Waals surface area contributed by atoms with Crippen molar-refractivity contribution in [2.45, 2.75) is 17.5 Å². The van der Waals surface area contributed by atoms with Gasteiger partial charge in [0, 0.05) is 17.4 Å². The fourth-order valence-electron chi connectivity index (χ4n) is 2.43. The van der Waals surface area contributed by atoms with E-state index in [1.807, 2.05) is 18.4 Å². The number of nitrogens with one attached hydrogen (secondary N) is 2. The van der Waals surface area contributed by atoms with Gasteiger partial charge in [-0.05, 0) is 24.0 Å². The van der Waals surface area contributed by atoms with Gasteiger partial charge in [-0.3, -0.25) is 9.59 Å². The first-order valence-electron chi connectivity index (χ1n) is 6.32. The van der Waals surface area contributed by atoms with Crippen LogP contribution in [0.2, 0.25) is 5.02 Å². The molecule has 0 aliphatic carbocycles. The van der Waals surface area contributed by atoms with Gasteiger partial charge in [0.1, 0.15) is 5.82 Å². The first-order valence-corrected chi connectivity index (χ1v) is 7.92. The summed E-state index contributed by atoms with van der Waals surface area (Å²) < 4.78 is 0. The highest BCUT2D eigenvalue weighted by Crippen LogP contribution is 2.34. The molecule has 0 saturated carbocycles. The van der Waals surface area contributed by atoms with E-state index >= 15 is 0 Å². The molecule has 1 atom stereocenters. The summed E-state index contributed by atoms with van der Waals surface area (Å²) in [5.74, 6) is -0.106. The van der Waals surface area contributed by atoms with Gasteiger partial charge < -0.3 is 10.3 Å². The van der Waals surface area contributed by atoms with Crippen LogP contribution in [-0.2, 0) is 4.79 Å². The zero-order chi connectivity index (χ0) is 15.0. The standard InChI is InChI=1S/C14H12ClN3O2S/c1-21-14-17-12-11(13(20)18-14)9(6-10(19)16-12)7-2-4-8(15)5-3-7/h2-5,9H,6H2,1H3,(H2,16,17,18,19,20)/t9-/m1/s1. The molecular weight excluding hydrogens is 310 g/mol. The molecule has 0 bridgehead atoms. The Morgan fingerprint density at radius 1 is 1.29 bits per heavy atom. The van der Waals surface area contributed by atoms with Crippen LogP contribution < -0.4 is 10.9 Å². The number of anilines is 1. The molecule has 0 fully saturated rings. The number of rotatable bonds is 2. The number of nitrogens with zero attached hydrogens (tertiary/aromatic N) is 1. The number of carbonyl (C=O) groups is 1. The highest BCUT2D eigenvalue weighted by molar-refractivity contribution is 7.98. The fraction of sp³-hybridized carbons (Fsp3) is 0.214. The maximum atomic E-state index is 12.3. The minimum absolute atomic E-state index is 0.146. The molecule has 2 N–H and O–H groups in total. The van der Waals surface area contributed by atoms with Gasteiger partial charge >= 0.3 is 0 Å². The zero-order valence-electron chi connectivity index (χ0n) is 11.1. The maximum Gasteiger partial charge on any atom is 0.257 e. The molecule has 3 rings (SSSR count). The molecule has 21 heavy (non-hydrogen) atoms. The molecule has 0 saturated heterocycles. The molecule has 1 aliphatic heterocycles. The first-order chi connectivity index (χ1) is 10.1. The summed E-state index contributed by atoms with van der Waals surface area (Å²) in [5, 5.41) is 3.77. The van der Waals surface area contributed by atoms with Crippen LogP contribution in [0, 0.1) is 0 Å². The Hall–Kier alpha value is -1.79. The van der Waals surface area contributed by atoms with Crippen LogP contribution in [0.4, 0.5) is 5.82 Å². The molecule has 2 heterocycles. The molecule has 1 amide bonds. The fourth-order valence-corrected chi connectivity index (χ4v) is 2.93. The molecule has 0 radical (unpaired) electrons. The van der Waals surface area contributed by atoms with Crippen molar-refractivity contribution in [3.63, 3.8) is 0 Å². The van der Waals surface area contributed by atoms with Crippen molar-refractivity contribution in [3.05, 3.63) is 50.8 Å². The minimum Gasteiger partial charge on any atom is -0.310 e. The van der Waals surface area contributed by atoms with Crippen molar-refractivity contribution >= 4 is 35.1 Å². The van der Waals surface area contributed by atoms with Crippen LogP contribution in [0.1, 0.15) is 23.5 Å². The second-order valence-corrected chi connectivity index (χ2v) is 5.93. The Morgan fingerprint density at radius 2 is 2.00 bits per heavy atom. The molecule has 1 aliphatic rings. The van der Waals surface area contributed by atoms with Crippen molar-refractivity contribution in [1.82, 2.24) is 9.97 Å². The van der Waals surface area contributed by atoms with Gasteiger partial charge in [0.2, 0.25) is 5.91 Å². The van der Waals surface area contributed by atoms with Crippen LogP contribution >= 0.6 is 23.4 Å². The molecule has 7 heteroatoms. The lowest BCUT2D eigenvalue weighted by Gasteiger charge is -2.24. The molecule has 2 aromatic rings. The van der Waals surface area contributed by atoms with E-state index in [-0.39, 0.29) is 23.8 Å². The van der Waals surface area contributed by atoms with E-state index < -0.39 is 0 Å². The first kappa shape index (κ1) is 14.2. The Morgan fingerprint density at radius 3 is 2.67 bits per heavy atom. The number of benzene rings is 1. The van der Waals surface area contributed by atoms with Crippen LogP contribution in [0.15, 0.2) is 34.2 Å². The molecule has 5 nitrogen and oxygen atoms in total. The van der Waals surface area contributed by atoms with E-state index in [1.165, 1.54) is 11.8 Å². The molecular formula is C14H12ClN3O2S. The van der Waals surface area contributed by atoms with Gasteiger partial charge in [-0.15, -0.1) is 0 Å². The summed E-state index contributed by atoms with van der Waals surface area (Å²) >= 11 is 7.21. The van der Waals surface area contributed by atoms with E-state index in [2.05, 4.69) is 15.3 Å². The topological polar surface area (TPSA) is 74.8 Å². The maximum absolute atomic E-state index is 12.3. The number of hydrogen-bond acceptors (Lipinski definition) is 4. The molecule has 1 aromatic heterocycles. The van der Waals surface area contributed by atoms with Crippen molar-refractivity contribution < 1.29 is 4.79 Å². The Kier molecular flexibility index (Phi) is 3.73. The normalized spacial score (nSPS) is 17.2. The van der Waals surface area contributed by atoms with Crippen LogP contribution in [-0.4, -0.2) is 22.1 Å². The number of H-pyrrole nitrogens is 1. The smallest absolute Gasteiger partial charge is 0.257 e. The monoisotopic (exact) mass is 321 g/mol. The molecule has 108 valence electrons. The molecule has 0 spiro atoms. The second-order valence-electron chi connectivity index (χ2n) is 4.69. The van der Waals surface area contributed by atoms with E-state index in [0.717, 1.165) is 5.56 Å². The quantitative estimate of drug-likeness (QED) is 0.658. The summed E-state index contributed by atoms with van der Waals surface area (Å²) in [6.45, 7) is 0. The SMILES string of the molecule is CSc1nc2c(c(=O)[nH]1)[C@@H](c1ccc(Cl)cc1)CC(=O)N2. The molecule has 1 aromatic carbocycles. The summed E-state index contributed by atoms with van der Waals surface area (Å²) in [6, 6.07) is 7.16. The van der Waals surface area contributed by atoms with Crippen molar-refractivity contribution in [3.8, 4) is 0 Å². The highest BCUT2D eigenvalue weighted by atomic mass is 35.5. The number of halogens is 1. The number of amides is 1. The number of aromatic amines is 1. The summed E-state index contributed by atoms with van der Waals surface area (Å²) in [5.41, 5.74) is 1.15. The Balaban J connectivity index is 2.15. The van der Waals surface area contributed by atoms with Gasteiger partial charge in [0.05, 0.1) is 5.56 Å². The Bertz CT molecular complexity index is 758. The average molecular weight is 322 g/mol. The van der Waals surface area contributed by atoms with E-state index in [0.29, 0.717) is 21.6 Å². The van der Waals surface area contributed by atoms with Crippen LogP contribution in [0.25, 0.3) is 0 Å². The number of thioether (sulfide) groups is 1. The number of hydrogen-bond donors (Lipinski definition) is 2. The number of aromatic nitrogens is 2. The largest absolute Gasteiger partial charge is 0.310 e. The third kappa shape index (κ3) is 2.69. The van der Waals surface area contributed by atoms with Crippen LogP contribution in [0.3, 0.4) is 0 Å². The Labute approximate surface area is 130 Å². The lowest BCUT2D eigenvalue weighted by molar-refractivity contribution is -0.116. The van der Waals surface area contributed by atoms with Crippen molar-refractivity contribution in [1.29, 1.82) is 0 Å².